The fourth-order valence-electron chi connectivity index (χ4n) is 1.39. The first-order valence-corrected chi connectivity index (χ1v) is 8.24. The zero-order valence-corrected chi connectivity index (χ0v) is 12.8. The molecule has 0 saturated heterocycles. The minimum atomic E-state index is 0.0639. The van der Waals surface area contributed by atoms with E-state index < -0.39 is 0 Å². The molecular weight excluding hydrogens is 254 g/mol. The van der Waals surface area contributed by atoms with Crippen molar-refractivity contribution in [1.29, 1.82) is 0 Å². The Kier molecular flexibility index (Phi) is 9.13. The van der Waals surface area contributed by atoms with Crippen LogP contribution in [-0.2, 0) is 4.79 Å². The molecule has 17 heavy (non-hydrogen) atoms. The molecule has 0 aromatic rings. The minimum Gasteiger partial charge on any atom is -0.345 e. The summed E-state index contributed by atoms with van der Waals surface area (Å²) in [7, 11) is 4.76. The number of hydrogen-bond donors (Lipinski definition) is 2. The predicted molar refractivity (Wildman–Crippen MR) is 78.5 cm³/mol. The van der Waals surface area contributed by atoms with Crippen LogP contribution in [0.5, 0.6) is 0 Å². The zero-order valence-electron chi connectivity index (χ0n) is 11.2. The first kappa shape index (κ1) is 17.1. The van der Waals surface area contributed by atoms with E-state index in [9.17, 15) is 4.79 Å². The van der Waals surface area contributed by atoms with Crippen molar-refractivity contribution in [3.63, 3.8) is 0 Å². The molecule has 0 radical (unpaired) electrons. The summed E-state index contributed by atoms with van der Waals surface area (Å²) < 4.78 is 0. The highest BCUT2D eigenvalue weighted by molar-refractivity contribution is 8.75. The van der Waals surface area contributed by atoms with Gasteiger partial charge < -0.3 is 10.6 Å². The Balaban J connectivity index is 3.96. The largest absolute Gasteiger partial charge is 0.345 e. The average Bonchev–Trinajstić information content (AvgIpc) is 2.25. The number of carbonyl (C=O) groups excluding carboxylic acids is 1. The Labute approximate surface area is 113 Å². The van der Waals surface area contributed by atoms with Gasteiger partial charge >= 0.3 is 0 Å². The molecular formula is C11H25N3OS2. The van der Waals surface area contributed by atoms with Crippen LogP contribution in [0.4, 0.5) is 0 Å². The van der Waals surface area contributed by atoms with Crippen LogP contribution >= 0.6 is 21.8 Å². The molecule has 4 nitrogen and oxygen atoms in total. The SMILES string of the molecule is CC(CSSN)CN(C)C(=O)CC(C)C(C)N. The summed E-state index contributed by atoms with van der Waals surface area (Å²) in [5, 5.41) is 5.35. The third-order valence-electron chi connectivity index (χ3n) is 2.83. The van der Waals surface area contributed by atoms with E-state index in [4.69, 9.17) is 10.9 Å². The van der Waals surface area contributed by atoms with Crippen molar-refractivity contribution in [3.8, 4) is 0 Å². The second-order valence-corrected chi connectivity index (χ2v) is 6.85. The van der Waals surface area contributed by atoms with Gasteiger partial charge in [0, 0.05) is 31.8 Å². The Bertz CT molecular complexity index is 227. The van der Waals surface area contributed by atoms with Crippen LogP contribution in [0.2, 0.25) is 0 Å². The van der Waals surface area contributed by atoms with Gasteiger partial charge in [0.1, 0.15) is 0 Å². The Hall–Kier alpha value is 0.0900. The van der Waals surface area contributed by atoms with Gasteiger partial charge in [-0.2, -0.15) is 0 Å². The summed E-state index contributed by atoms with van der Waals surface area (Å²) >= 11 is 0. The standard InChI is InChI=1S/C11H25N3OS2/c1-8(7-16-17-13)6-14(4)11(15)5-9(2)10(3)12/h8-10H,5-7,12-13H2,1-4H3. The third-order valence-corrected chi connectivity index (χ3v) is 4.48. The van der Waals surface area contributed by atoms with Gasteiger partial charge in [-0.15, -0.1) is 0 Å². The van der Waals surface area contributed by atoms with Crippen LogP contribution in [0, 0.1) is 11.8 Å². The van der Waals surface area contributed by atoms with E-state index in [1.54, 1.807) is 15.7 Å². The molecule has 0 aromatic heterocycles. The zero-order chi connectivity index (χ0) is 13.4. The molecule has 0 bridgehead atoms. The van der Waals surface area contributed by atoms with Crippen molar-refractivity contribution < 1.29 is 4.79 Å². The van der Waals surface area contributed by atoms with Gasteiger partial charge in [0.05, 0.1) is 0 Å². The van der Waals surface area contributed by atoms with Gasteiger partial charge in [0.15, 0.2) is 0 Å². The van der Waals surface area contributed by atoms with E-state index in [1.165, 1.54) is 11.0 Å². The fraction of sp³-hybridized carbons (Fsp3) is 0.909. The monoisotopic (exact) mass is 279 g/mol. The number of carbonyl (C=O) groups is 1. The molecule has 3 unspecified atom stereocenters. The van der Waals surface area contributed by atoms with Crippen molar-refractivity contribution in [2.24, 2.45) is 22.7 Å². The van der Waals surface area contributed by atoms with Crippen molar-refractivity contribution in [1.82, 2.24) is 4.90 Å². The van der Waals surface area contributed by atoms with Crippen LogP contribution in [0.15, 0.2) is 0 Å². The molecule has 0 aliphatic heterocycles. The number of nitrogens with two attached hydrogens (primary N) is 2. The van der Waals surface area contributed by atoms with Crippen LogP contribution < -0.4 is 10.9 Å². The molecule has 0 aliphatic rings. The lowest BCUT2D eigenvalue weighted by Gasteiger charge is -2.23. The van der Waals surface area contributed by atoms with Crippen molar-refractivity contribution >= 4 is 27.7 Å². The smallest absolute Gasteiger partial charge is 0.222 e. The first-order chi connectivity index (χ1) is 7.88. The average molecular weight is 279 g/mol. The summed E-state index contributed by atoms with van der Waals surface area (Å²) in [5.74, 6) is 1.82. The van der Waals surface area contributed by atoms with Crippen molar-refractivity contribution in [2.45, 2.75) is 33.2 Å². The molecule has 3 atom stereocenters. The Morgan fingerprint density at radius 1 is 1.35 bits per heavy atom. The van der Waals surface area contributed by atoms with Crippen LogP contribution in [0.1, 0.15) is 27.2 Å². The minimum absolute atomic E-state index is 0.0639. The Morgan fingerprint density at radius 2 is 1.94 bits per heavy atom. The summed E-state index contributed by atoms with van der Waals surface area (Å²) in [6.45, 7) is 6.86. The van der Waals surface area contributed by atoms with Crippen LogP contribution in [0.25, 0.3) is 0 Å². The molecule has 0 aliphatic carbocycles. The van der Waals surface area contributed by atoms with Crippen molar-refractivity contribution in [3.05, 3.63) is 0 Å². The summed E-state index contributed by atoms with van der Waals surface area (Å²) in [6.07, 6.45) is 0.527. The summed E-state index contributed by atoms with van der Waals surface area (Å²) in [5.41, 5.74) is 5.76. The lowest BCUT2D eigenvalue weighted by molar-refractivity contribution is -0.131. The van der Waals surface area contributed by atoms with Crippen molar-refractivity contribution in [2.75, 3.05) is 19.3 Å². The molecule has 6 heteroatoms. The normalized spacial score (nSPS) is 16.4. The number of amides is 1. The molecule has 0 rings (SSSR count). The second kappa shape index (κ2) is 9.08. The van der Waals surface area contributed by atoms with Crippen LogP contribution in [-0.4, -0.2) is 36.2 Å². The molecule has 0 saturated carbocycles. The molecule has 0 aromatic carbocycles. The highest BCUT2D eigenvalue weighted by Crippen LogP contribution is 2.18. The highest BCUT2D eigenvalue weighted by Gasteiger charge is 2.17. The fourth-order valence-corrected chi connectivity index (χ4v) is 2.74. The molecule has 4 N–H and O–H groups in total. The summed E-state index contributed by atoms with van der Waals surface area (Å²) in [4.78, 5) is 13.7. The van der Waals surface area contributed by atoms with Gasteiger partial charge in [0.25, 0.3) is 0 Å². The van der Waals surface area contributed by atoms with E-state index >= 15 is 0 Å². The van der Waals surface area contributed by atoms with Gasteiger partial charge in [-0.1, -0.05) is 24.6 Å². The topological polar surface area (TPSA) is 72.3 Å². The van der Waals surface area contributed by atoms with Gasteiger partial charge in [-0.3, -0.25) is 9.93 Å². The third kappa shape index (κ3) is 7.91. The first-order valence-electron chi connectivity index (χ1n) is 5.86. The number of nitrogens with zero attached hydrogens (tertiary/aromatic N) is 1. The molecule has 1 amide bonds. The number of hydrogen-bond acceptors (Lipinski definition) is 5. The van der Waals surface area contributed by atoms with Crippen LogP contribution in [0.3, 0.4) is 0 Å². The predicted octanol–water partition coefficient (Wildman–Crippen LogP) is 1.71. The summed E-state index contributed by atoms with van der Waals surface area (Å²) in [6, 6.07) is 0.0639. The second-order valence-electron chi connectivity index (χ2n) is 4.80. The Morgan fingerprint density at radius 3 is 2.41 bits per heavy atom. The van der Waals surface area contributed by atoms with Gasteiger partial charge in [-0.05, 0) is 29.7 Å². The quantitative estimate of drug-likeness (QED) is 0.523. The maximum absolute atomic E-state index is 11.9. The lowest BCUT2D eigenvalue weighted by Crippen LogP contribution is -2.35. The van der Waals surface area contributed by atoms with E-state index in [0.29, 0.717) is 12.3 Å². The van der Waals surface area contributed by atoms with Gasteiger partial charge in [0.2, 0.25) is 5.91 Å². The lowest BCUT2D eigenvalue weighted by atomic mass is 10.00. The molecule has 102 valence electrons. The van der Waals surface area contributed by atoms with E-state index in [2.05, 4.69) is 6.92 Å². The number of rotatable bonds is 8. The maximum atomic E-state index is 11.9. The van der Waals surface area contributed by atoms with E-state index in [-0.39, 0.29) is 17.9 Å². The molecule has 0 spiro atoms. The van der Waals surface area contributed by atoms with E-state index in [0.717, 1.165) is 12.3 Å². The van der Waals surface area contributed by atoms with Gasteiger partial charge in [-0.25, -0.2) is 0 Å². The maximum Gasteiger partial charge on any atom is 0.222 e. The molecule has 0 fully saturated rings. The molecule has 0 heterocycles. The van der Waals surface area contributed by atoms with E-state index in [1.807, 2.05) is 20.9 Å². The highest BCUT2D eigenvalue weighted by atomic mass is 33.1.